The molecule has 0 unspecified atom stereocenters. The van der Waals surface area contributed by atoms with Crippen LogP contribution >= 0.6 is 0 Å². The van der Waals surface area contributed by atoms with Crippen molar-refractivity contribution in [3.8, 4) is 0 Å². The Balaban J connectivity index is 1.96. The summed E-state index contributed by atoms with van der Waals surface area (Å²) < 4.78 is 11.7. The van der Waals surface area contributed by atoms with Gasteiger partial charge in [-0.25, -0.2) is 0 Å². The summed E-state index contributed by atoms with van der Waals surface area (Å²) in [6.45, 7) is 2.61. The summed E-state index contributed by atoms with van der Waals surface area (Å²) >= 11 is 0. The molecule has 1 aromatic rings. The lowest BCUT2D eigenvalue weighted by molar-refractivity contribution is 0.0480. The van der Waals surface area contributed by atoms with E-state index in [1.807, 2.05) is 30.3 Å². The summed E-state index contributed by atoms with van der Waals surface area (Å²) in [6, 6.07) is 9.67. The zero-order valence-electron chi connectivity index (χ0n) is 12.5. The quantitative estimate of drug-likeness (QED) is 0.253. The molecule has 1 aliphatic rings. The molecule has 2 rings (SSSR count). The summed E-state index contributed by atoms with van der Waals surface area (Å²) in [6.07, 6.45) is 5.58. The molecule has 1 aliphatic heterocycles. The first-order valence-electron chi connectivity index (χ1n) is 7.71. The first kappa shape index (κ1) is 15.9. The average molecular weight is 287 g/mol. The second-order valence-electron chi connectivity index (χ2n) is 5.37. The van der Waals surface area contributed by atoms with E-state index in [1.165, 1.54) is 19.3 Å². The van der Waals surface area contributed by atoms with E-state index in [2.05, 4.69) is 16.9 Å². The van der Waals surface area contributed by atoms with E-state index in [4.69, 9.17) is 14.8 Å². The molecule has 0 amide bonds. The van der Waals surface area contributed by atoms with Gasteiger partial charge in [-0.1, -0.05) is 68.1 Å². The predicted molar refractivity (Wildman–Crippen MR) is 84.3 cm³/mol. The number of hydrogen-bond acceptors (Lipinski definition) is 3. The minimum absolute atomic E-state index is 0.0586. The third-order valence-corrected chi connectivity index (χ3v) is 3.76. The summed E-state index contributed by atoms with van der Waals surface area (Å²) in [5.41, 5.74) is 9.69. The van der Waals surface area contributed by atoms with Crippen molar-refractivity contribution in [1.82, 2.24) is 0 Å². The van der Waals surface area contributed by atoms with Crippen molar-refractivity contribution in [1.29, 1.82) is 0 Å². The fourth-order valence-electron chi connectivity index (χ4n) is 2.57. The molecule has 0 bridgehead atoms. The van der Waals surface area contributed by atoms with Gasteiger partial charge in [0.2, 0.25) is 0 Å². The molecule has 0 saturated carbocycles. The molecule has 1 heterocycles. The van der Waals surface area contributed by atoms with E-state index >= 15 is 0 Å². The van der Waals surface area contributed by atoms with Crippen LogP contribution in [-0.4, -0.2) is 25.9 Å². The molecule has 0 radical (unpaired) electrons. The average Bonchev–Trinajstić information content (AvgIpc) is 2.54. The number of benzene rings is 1. The highest BCUT2D eigenvalue weighted by Gasteiger charge is 2.35. The van der Waals surface area contributed by atoms with Crippen LogP contribution in [0, 0.1) is 0 Å². The Morgan fingerprint density at radius 3 is 2.81 bits per heavy atom. The van der Waals surface area contributed by atoms with E-state index in [0.717, 1.165) is 18.3 Å². The van der Waals surface area contributed by atoms with Gasteiger partial charge in [0.25, 0.3) is 0 Å². The van der Waals surface area contributed by atoms with Crippen LogP contribution in [0.15, 0.2) is 35.4 Å². The van der Waals surface area contributed by atoms with Crippen molar-refractivity contribution >= 4 is 12.6 Å². The van der Waals surface area contributed by atoms with Crippen molar-refractivity contribution in [2.75, 3.05) is 6.61 Å². The van der Waals surface area contributed by atoms with Gasteiger partial charge < -0.3 is 9.31 Å². The smallest absolute Gasteiger partial charge is 0.407 e. The molecular formula is C15H22BN3O2. The Morgan fingerprint density at radius 1 is 1.29 bits per heavy atom. The van der Waals surface area contributed by atoms with Gasteiger partial charge in [-0.3, -0.25) is 0 Å². The van der Waals surface area contributed by atoms with E-state index in [9.17, 15) is 0 Å². The maximum absolute atomic E-state index is 8.68. The minimum Gasteiger partial charge on any atom is -0.407 e. The first-order chi connectivity index (χ1) is 10.3. The lowest BCUT2D eigenvalue weighted by Crippen LogP contribution is -2.50. The number of nitrogens with zero attached hydrogens (tertiary/aromatic N) is 3. The van der Waals surface area contributed by atoms with E-state index in [1.54, 1.807) is 0 Å². The van der Waals surface area contributed by atoms with Crippen molar-refractivity contribution in [3.63, 3.8) is 0 Å². The van der Waals surface area contributed by atoms with Gasteiger partial charge in [0.05, 0.1) is 12.1 Å². The molecule has 0 spiro atoms. The zero-order valence-corrected chi connectivity index (χ0v) is 12.5. The fourth-order valence-corrected chi connectivity index (χ4v) is 2.57. The highest BCUT2D eigenvalue weighted by Crippen LogP contribution is 2.20. The topological polar surface area (TPSA) is 67.2 Å². The Morgan fingerprint density at radius 2 is 2.10 bits per heavy atom. The van der Waals surface area contributed by atoms with Gasteiger partial charge in [0.1, 0.15) is 0 Å². The normalized spacial score (nSPS) is 21.9. The molecule has 112 valence electrons. The van der Waals surface area contributed by atoms with Gasteiger partial charge in [0.15, 0.2) is 0 Å². The Kier molecular flexibility index (Phi) is 6.60. The number of rotatable bonds is 7. The third-order valence-electron chi connectivity index (χ3n) is 3.76. The van der Waals surface area contributed by atoms with Crippen LogP contribution < -0.4 is 5.46 Å². The molecule has 1 saturated heterocycles. The number of unbranched alkanes of at least 4 members (excludes halogenated alkanes) is 3. The maximum Gasteiger partial charge on any atom is 0.494 e. The Labute approximate surface area is 126 Å². The van der Waals surface area contributed by atoms with Crippen LogP contribution in [0.2, 0.25) is 0 Å². The second kappa shape index (κ2) is 8.72. The molecule has 5 nitrogen and oxygen atoms in total. The molecule has 21 heavy (non-hydrogen) atoms. The standard InChI is InChI=1S/C15H22BN3O2/c1-2-3-4-8-11-15-14(18-19-17)12-20-16(21-15)13-9-6-5-7-10-13/h5-7,9-10,14-15H,2-4,8,11-12H2,1H3/t14-,15+/m0/s1. The predicted octanol–water partition coefficient (Wildman–Crippen LogP) is 3.45. The van der Waals surface area contributed by atoms with Crippen molar-refractivity contribution < 1.29 is 9.31 Å². The monoisotopic (exact) mass is 287 g/mol. The van der Waals surface area contributed by atoms with Crippen LogP contribution in [0.3, 0.4) is 0 Å². The SMILES string of the molecule is CCCCCC[C@H]1OB(c2ccccc2)OC[C@@H]1N=[N+]=[N-]. The van der Waals surface area contributed by atoms with E-state index < -0.39 is 0 Å². The lowest BCUT2D eigenvalue weighted by Gasteiger charge is -2.33. The van der Waals surface area contributed by atoms with Gasteiger partial charge in [0, 0.05) is 11.5 Å². The number of hydrogen-bond donors (Lipinski definition) is 0. The molecule has 1 fully saturated rings. The van der Waals surface area contributed by atoms with Crippen LogP contribution in [0.1, 0.15) is 39.0 Å². The van der Waals surface area contributed by atoms with Crippen LogP contribution in [0.4, 0.5) is 0 Å². The first-order valence-corrected chi connectivity index (χ1v) is 7.71. The fraction of sp³-hybridized carbons (Fsp3) is 0.600. The Hall–Kier alpha value is -1.49. The maximum atomic E-state index is 8.68. The lowest BCUT2D eigenvalue weighted by atomic mass is 9.77. The molecule has 0 aromatic heterocycles. The Bertz CT molecular complexity index is 465. The summed E-state index contributed by atoms with van der Waals surface area (Å²) in [4.78, 5) is 2.92. The van der Waals surface area contributed by atoms with Gasteiger partial charge in [-0.15, -0.1) is 0 Å². The molecule has 6 heteroatoms. The van der Waals surface area contributed by atoms with E-state index in [-0.39, 0.29) is 19.3 Å². The largest absolute Gasteiger partial charge is 0.494 e. The minimum atomic E-state index is -0.354. The highest BCUT2D eigenvalue weighted by atomic mass is 16.6. The van der Waals surface area contributed by atoms with E-state index in [0.29, 0.717) is 6.61 Å². The summed E-state index contributed by atoms with van der Waals surface area (Å²) in [5.74, 6) is 0. The van der Waals surface area contributed by atoms with Crippen LogP contribution in [-0.2, 0) is 9.31 Å². The summed E-state index contributed by atoms with van der Waals surface area (Å²) in [7, 11) is -0.354. The van der Waals surface area contributed by atoms with Gasteiger partial charge in [-0.05, 0) is 17.4 Å². The molecule has 0 N–H and O–H groups in total. The molecule has 2 atom stereocenters. The van der Waals surface area contributed by atoms with Crippen molar-refractivity contribution in [2.24, 2.45) is 5.11 Å². The van der Waals surface area contributed by atoms with Crippen molar-refractivity contribution in [3.05, 3.63) is 40.8 Å². The zero-order chi connectivity index (χ0) is 14.9. The molecule has 0 aliphatic carbocycles. The van der Waals surface area contributed by atoms with Gasteiger partial charge in [-0.2, -0.15) is 0 Å². The number of azide groups is 1. The molecule has 1 aromatic carbocycles. The molecular weight excluding hydrogens is 265 g/mol. The van der Waals surface area contributed by atoms with Crippen LogP contribution in [0.5, 0.6) is 0 Å². The second-order valence-corrected chi connectivity index (χ2v) is 5.37. The van der Waals surface area contributed by atoms with Crippen molar-refractivity contribution in [2.45, 2.75) is 51.2 Å². The van der Waals surface area contributed by atoms with Crippen LogP contribution in [0.25, 0.3) is 10.4 Å². The third kappa shape index (κ3) is 4.78. The summed E-state index contributed by atoms with van der Waals surface area (Å²) in [5, 5.41) is 3.82. The van der Waals surface area contributed by atoms with Gasteiger partial charge >= 0.3 is 7.12 Å². The highest BCUT2D eigenvalue weighted by molar-refractivity contribution is 6.61.